The Morgan fingerprint density at radius 2 is 1.76 bits per heavy atom. The zero-order valence-corrected chi connectivity index (χ0v) is 19.9. The van der Waals surface area contributed by atoms with Crippen molar-refractivity contribution in [2.24, 2.45) is 4.99 Å². The molecule has 2 rings (SSSR count). The first-order chi connectivity index (χ1) is 13.3. The van der Waals surface area contributed by atoms with Crippen molar-refractivity contribution in [2.45, 2.75) is 32.8 Å². The highest BCUT2D eigenvalue weighted by Gasteiger charge is 2.25. The Balaban J connectivity index is 0.00000420. The Hall–Kier alpha value is -1.98. The van der Waals surface area contributed by atoms with Crippen LogP contribution in [0.25, 0.3) is 0 Å². The van der Waals surface area contributed by atoms with Crippen molar-refractivity contribution in [1.82, 2.24) is 20.4 Å². The Morgan fingerprint density at radius 1 is 1.14 bits per heavy atom. The average Bonchev–Trinajstić information content (AvgIpc) is 3.17. The molecule has 1 saturated heterocycles. The molecule has 0 spiro atoms. The van der Waals surface area contributed by atoms with Crippen LogP contribution < -0.4 is 10.6 Å². The van der Waals surface area contributed by atoms with E-state index in [1.165, 1.54) is 6.26 Å². The number of hydrogen-bond acceptors (Lipinski definition) is 5. The van der Waals surface area contributed by atoms with Gasteiger partial charge in [-0.25, -0.2) is 4.79 Å². The highest BCUT2D eigenvalue weighted by atomic mass is 127. The van der Waals surface area contributed by atoms with E-state index in [-0.39, 0.29) is 29.9 Å². The average molecular weight is 521 g/mol. The third kappa shape index (κ3) is 8.50. The summed E-state index contributed by atoms with van der Waals surface area (Å²) in [7, 11) is 1.74. The van der Waals surface area contributed by atoms with Crippen LogP contribution in [-0.4, -0.2) is 79.7 Å². The van der Waals surface area contributed by atoms with Crippen molar-refractivity contribution in [3.05, 3.63) is 24.2 Å². The zero-order valence-electron chi connectivity index (χ0n) is 17.6. The van der Waals surface area contributed by atoms with E-state index in [9.17, 15) is 9.59 Å². The van der Waals surface area contributed by atoms with Gasteiger partial charge in [-0.1, -0.05) is 0 Å². The predicted molar refractivity (Wildman–Crippen MR) is 122 cm³/mol. The van der Waals surface area contributed by atoms with Gasteiger partial charge < -0.3 is 29.6 Å². The van der Waals surface area contributed by atoms with Crippen LogP contribution in [-0.2, 0) is 4.74 Å². The summed E-state index contributed by atoms with van der Waals surface area (Å²) in [4.78, 5) is 32.1. The lowest BCUT2D eigenvalue weighted by Crippen LogP contribution is -2.54. The number of aliphatic imine (C=N–C) groups is 1. The van der Waals surface area contributed by atoms with E-state index >= 15 is 0 Å². The lowest BCUT2D eigenvalue weighted by molar-refractivity contribution is 0.0526. The molecule has 10 heteroatoms. The molecule has 2 amide bonds. The number of hydrogen-bond donors (Lipinski definition) is 2. The smallest absolute Gasteiger partial charge is 0.407 e. The maximum absolute atomic E-state index is 12.3. The van der Waals surface area contributed by atoms with Crippen molar-refractivity contribution < 1.29 is 18.7 Å². The van der Waals surface area contributed by atoms with Crippen molar-refractivity contribution >= 4 is 41.9 Å². The van der Waals surface area contributed by atoms with Crippen molar-refractivity contribution in [1.29, 1.82) is 0 Å². The number of nitrogens with one attached hydrogen (secondary N) is 2. The summed E-state index contributed by atoms with van der Waals surface area (Å²) in [5.41, 5.74) is -0.495. The molecule has 2 heterocycles. The van der Waals surface area contributed by atoms with Crippen LogP contribution >= 0.6 is 24.0 Å². The van der Waals surface area contributed by atoms with Gasteiger partial charge in [0.2, 0.25) is 0 Å². The molecule has 0 radical (unpaired) electrons. The standard InChI is InChI=1S/C19H31N5O4.HI/c1-19(2,3)28-18(26)22-9-6-8-21-17(20-4)24-12-10-23(11-13-24)16(25)15-7-5-14-27-15;/h5,7,14H,6,8-13H2,1-4H3,(H,20,21)(H,22,26);1H. The van der Waals surface area contributed by atoms with Gasteiger partial charge in [-0.05, 0) is 39.3 Å². The number of amides is 2. The van der Waals surface area contributed by atoms with Crippen LogP contribution in [0.5, 0.6) is 0 Å². The Bertz CT molecular complexity index is 665. The fourth-order valence-electron chi connectivity index (χ4n) is 2.80. The number of nitrogens with zero attached hydrogens (tertiary/aromatic N) is 3. The Kier molecular flexibility index (Phi) is 10.3. The van der Waals surface area contributed by atoms with Gasteiger partial charge in [0, 0.05) is 46.3 Å². The van der Waals surface area contributed by atoms with Crippen LogP contribution in [0.1, 0.15) is 37.7 Å². The minimum absolute atomic E-state index is 0. The number of halogens is 1. The zero-order chi connectivity index (χ0) is 20.6. The SMILES string of the molecule is CN=C(NCCCNC(=O)OC(C)(C)C)N1CCN(C(=O)c2ccco2)CC1.I. The van der Waals surface area contributed by atoms with Gasteiger partial charge in [-0.15, -0.1) is 24.0 Å². The van der Waals surface area contributed by atoms with Crippen LogP contribution in [0.15, 0.2) is 27.8 Å². The molecule has 164 valence electrons. The third-order valence-corrected chi connectivity index (χ3v) is 4.12. The monoisotopic (exact) mass is 521 g/mol. The second-order valence-electron chi connectivity index (χ2n) is 7.51. The molecule has 1 fully saturated rings. The summed E-state index contributed by atoms with van der Waals surface area (Å²) < 4.78 is 10.4. The highest BCUT2D eigenvalue weighted by Crippen LogP contribution is 2.09. The first kappa shape index (κ1) is 25.1. The molecule has 1 aliphatic heterocycles. The topological polar surface area (TPSA) is 99.4 Å². The van der Waals surface area contributed by atoms with E-state index in [1.807, 2.05) is 20.8 Å². The molecule has 0 unspecified atom stereocenters. The largest absolute Gasteiger partial charge is 0.459 e. The van der Waals surface area contributed by atoms with E-state index in [0.29, 0.717) is 45.0 Å². The van der Waals surface area contributed by atoms with Gasteiger partial charge in [0.05, 0.1) is 6.26 Å². The van der Waals surface area contributed by atoms with Gasteiger partial charge in [0.1, 0.15) is 5.60 Å². The van der Waals surface area contributed by atoms with Gasteiger partial charge in [0.15, 0.2) is 11.7 Å². The molecule has 29 heavy (non-hydrogen) atoms. The van der Waals surface area contributed by atoms with Crippen LogP contribution in [0.4, 0.5) is 4.79 Å². The maximum atomic E-state index is 12.3. The van der Waals surface area contributed by atoms with Gasteiger partial charge >= 0.3 is 6.09 Å². The lowest BCUT2D eigenvalue weighted by Gasteiger charge is -2.36. The van der Waals surface area contributed by atoms with Crippen molar-refractivity contribution in [3.8, 4) is 0 Å². The van der Waals surface area contributed by atoms with Gasteiger partial charge in [0.25, 0.3) is 5.91 Å². The van der Waals surface area contributed by atoms with Gasteiger partial charge in [-0.2, -0.15) is 0 Å². The van der Waals surface area contributed by atoms with Gasteiger partial charge in [-0.3, -0.25) is 9.79 Å². The summed E-state index contributed by atoms with van der Waals surface area (Å²) in [5, 5.41) is 6.03. The number of furan rings is 1. The first-order valence-corrected chi connectivity index (χ1v) is 9.55. The summed E-state index contributed by atoms with van der Waals surface area (Å²) in [6, 6.07) is 3.40. The van der Waals surface area contributed by atoms with E-state index in [0.717, 1.165) is 12.4 Å². The molecule has 0 atom stereocenters. The predicted octanol–water partition coefficient (Wildman–Crippen LogP) is 2.15. The molecular weight excluding hydrogens is 489 g/mol. The first-order valence-electron chi connectivity index (χ1n) is 9.55. The molecule has 0 bridgehead atoms. The van der Waals surface area contributed by atoms with E-state index in [4.69, 9.17) is 9.15 Å². The number of rotatable bonds is 5. The summed E-state index contributed by atoms with van der Waals surface area (Å²) in [6.45, 7) is 9.31. The number of guanidine groups is 1. The number of ether oxygens (including phenoxy) is 1. The molecule has 2 N–H and O–H groups in total. The minimum Gasteiger partial charge on any atom is -0.459 e. The highest BCUT2D eigenvalue weighted by molar-refractivity contribution is 14.0. The fourth-order valence-corrected chi connectivity index (χ4v) is 2.80. The minimum atomic E-state index is -0.495. The normalized spacial score (nSPS) is 14.8. The van der Waals surface area contributed by atoms with E-state index in [1.54, 1.807) is 24.1 Å². The number of alkyl carbamates (subject to hydrolysis) is 1. The summed E-state index contributed by atoms with van der Waals surface area (Å²) >= 11 is 0. The van der Waals surface area contributed by atoms with Crippen LogP contribution in [0, 0.1) is 0 Å². The molecule has 1 aliphatic rings. The second-order valence-corrected chi connectivity index (χ2v) is 7.51. The quantitative estimate of drug-likeness (QED) is 0.267. The molecule has 0 aliphatic carbocycles. The molecule has 0 aromatic carbocycles. The fraction of sp³-hybridized carbons (Fsp3) is 0.632. The van der Waals surface area contributed by atoms with Crippen molar-refractivity contribution in [3.63, 3.8) is 0 Å². The molecule has 0 saturated carbocycles. The molecule has 1 aromatic heterocycles. The summed E-state index contributed by atoms with van der Waals surface area (Å²) in [5.74, 6) is 1.08. The second kappa shape index (κ2) is 11.9. The van der Waals surface area contributed by atoms with Crippen LogP contribution in [0.3, 0.4) is 0 Å². The molecular formula is C19H32IN5O4. The third-order valence-electron chi connectivity index (χ3n) is 4.12. The Labute approximate surface area is 189 Å². The lowest BCUT2D eigenvalue weighted by atomic mass is 10.2. The van der Waals surface area contributed by atoms with E-state index < -0.39 is 11.7 Å². The molecule has 9 nitrogen and oxygen atoms in total. The maximum Gasteiger partial charge on any atom is 0.407 e. The van der Waals surface area contributed by atoms with Crippen molar-refractivity contribution in [2.75, 3.05) is 46.3 Å². The number of piperazine rings is 1. The number of carbonyl (C=O) groups is 2. The number of carbonyl (C=O) groups excluding carboxylic acids is 2. The van der Waals surface area contributed by atoms with Crippen LogP contribution in [0.2, 0.25) is 0 Å². The Morgan fingerprint density at radius 3 is 2.31 bits per heavy atom. The van der Waals surface area contributed by atoms with E-state index in [2.05, 4.69) is 20.5 Å². The molecule has 1 aromatic rings. The summed E-state index contributed by atoms with van der Waals surface area (Å²) in [6.07, 6.45) is 1.84.